The van der Waals surface area contributed by atoms with Gasteiger partial charge < -0.3 is 10.5 Å². The SMILES string of the molecule is CCC(C)(C)C(C)(CN)OC. The van der Waals surface area contributed by atoms with Gasteiger partial charge in [-0.1, -0.05) is 20.8 Å². The van der Waals surface area contributed by atoms with Crippen molar-refractivity contribution in [2.45, 2.75) is 39.7 Å². The lowest BCUT2D eigenvalue weighted by molar-refractivity contribution is -0.0795. The Labute approximate surface area is 70.1 Å². The van der Waals surface area contributed by atoms with E-state index in [1.54, 1.807) is 7.11 Å². The van der Waals surface area contributed by atoms with Crippen LogP contribution in [0.4, 0.5) is 0 Å². The van der Waals surface area contributed by atoms with Gasteiger partial charge in [-0.3, -0.25) is 0 Å². The zero-order valence-corrected chi connectivity index (χ0v) is 8.40. The van der Waals surface area contributed by atoms with E-state index in [9.17, 15) is 0 Å². The predicted octanol–water partition coefficient (Wildman–Crippen LogP) is 1.79. The smallest absolute Gasteiger partial charge is 0.0822 e. The Kier molecular flexibility index (Phi) is 3.52. The zero-order valence-electron chi connectivity index (χ0n) is 8.40. The fourth-order valence-electron chi connectivity index (χ4n) is 1.01. The standard InChI is InChI=1S/C9H21NO/c1-6-8(2,3)9(4,7-10)11-5/h6-7,10H2,1-5H3. The van der Waals surface area contributed by atoms with Gasteiger partial charge in [0.25, 0.3) is 0 Å². The third-order valence-corrected chi connectivity index (χ3v) is 3.16. The van der Waals surface area contributed by atoms with E-state index < -0.39 is 0 Å². The fourth-order valence-corrected chi connectivity index (χ4v) is 1.01. The molecule has 0 spiro atoms. The van der Waals surface area contributed by atoms with Gasteiger partial charge in [-0.2, -0.15) is 0 Å². The molecule has 0 saturated heterocycles. The number of hydrogen-bond acceptors (Lipinski definition) is 2. The highest BCUT2D eigenvalue weighted by atomic mass is 16.5. The molecule has 1 atom stereocenters. The van der Waals surface area contributed by atoms with E-state index in [1.807, 2.05) is 0 Å². The van der Waals surface area contributed by atoms with Gasteiger partial charge in [0.1, 0.15) is 0 Å². The lowest BCUT2D eigenvalue weighted by atomic mass is 9.74. The van der Waals surface area contributed by atoms with Crippen LogP contribution in [0.1, 0.15) is 34.1 Å². The van der Waals surface area contributed by atoms with E-state index in [0.717, 1.165) is 6.42 Å². The Balaban J connectivity index is 4.47. The molecule has 2 heteroatoms. The van der Waals surface area contributed by atoms with Crippen molar-refractivity contribution in [3.63, 3.8) is 0 Å². The van der Waals surface area contributed by atoms with Crippen molar-refractivity contribution in [2.75, 3.05) is 13.7 Å². The molecule has 0 aromatic rings. The number of hydrogen-bond donors (Lipinski definition) is 1. The summed E-state index contributed by atoms with van der Waals surface area (Å²) in [4.78, 5) is 0. The quantitative estimate of drug-likeness (QED) is 0.678. The molecule has 0 fully saturated rings. The van der Waals surface area contributed by atoms with Crippen LogP contribution in [-0.4, -0.2) is 19.3 Å². The molecule has 0 bridgehead atoms. The molecule has 1 unspecified atom stereocenters. The highest BCUT2D eigenvalue weighted by molar-refractivity contribution is 4.90. The second-order valence-electron chi connectivity index (χ2n) is 3.88. The molecule has 11 heavy (non-hydrogen) atoms. The van der Waals surface area contributed by atoms with Crippen LogP contribution in [0.15, 0.2) is 0 Å². The van der Waals surface area contributed by atoms with E-state index in [4.69, 9.17) is 10.5 Å². The van der Waals surface area contributed by atoms with Crippen LogP contribution in [0.2, 0.25) is 0 Å². The third-order valence-electron chi connectivity index (χ3n) is 3.16. The van der Waals surface area contributed by atoms with Crippen LogP contribution in [-0.2, 0) is 4.74 Å². The van der Waals surface area contributed by atoms with E-state index in [1.165, 1.54) is 0 Å². The van der Waals surface area contributed by atoms with Crippen LogP contribution in [0.25, 0.3) is 0 Å². The van der Waals surface area contributed by atoms with Crippen molar-refractivity contribution in [3.8, 4) is 0 Å². The Hall–Kier alpha value is -0.0800. The van der Waals surface area contributed by atoms with Gasteiger partial charge in [0.05, 0.1) is 5.60 Å². The van der Waals surface area contributed by atoms with Gasteiger partial charge in [-0.15, -0.1) is 0 Å². The van der Waals surface area contributed by atoms with Gasteiger partial charge in [-0.25, -0.2) is 0 Å². The average molecular weight is 159 g/mol. The second kappa shape index (κ2) is 3.55. The highest BCUT2D eigenvalue weighted by Gasteiger charge is 2.38. The maximum Gasteiger partial charge on any atom is 0.0822 e. The van der Waals surface area contributed by atoms with E-state index in [-0.39, 0.29) is 11.0 Å². The van der Waals surface area contributed by atoms with Gasteiger partial charge >= 0.3 is 0 Å². The van der Waals surface area contributed by atoms with E-state index in [2.05, 4.69) is 27.7 Å². The Morgan fingerprint density at radius 2 is 1.73 bits per heavy atom. The first kappa shape index (κ1) is 10.9. The molecular formula is C9H21NO. The zero-order chi connectivity index (χ0) is 9.12. The fraction of sp³-hybridized carbons (Fsp3) is 1.00. The van der Waals surface area contributed by atoms with Gasteiger partial charge in [0, 0.05) is 13.7 Å². The molecule has 0 aliphatic carbocycles. The summed E-state index contributed by atoms with van der Waals surface area (Å²) in [6.07, 6.45) is 1.08. The molecule has 0 amide bonds. The molecule has 0 rings (SSSR count). The van der Waals surface area contributed by atoms with Crippen molar-refractivity contribution in [1.82, 2.24) is 0 Å². The molecule has 0 aromatic carbocycles. The van der Waals surface area contributed by atoms with Crippen molar-refractivity contribution in [2.24, 2.45) is 11.1 Å². The van der Waals surface area contributed by atoms with Crippen LogP contribution in [0.5, 0.6) is 0 Å². The number of methoxy groups -OCH3 is 1. The minimum atomic E-state index is -0.193. The first-order chi connectivity index (χ1) is 4.93. The Bertz CT molecular complexity index is 117. The average Bonchev–Trinajstić information content (AvgIpc) is 2.02. The lowest BCUT2D eigenvalue weighted by Crippen LogP contribution is -2.49. The topological polar surface area (TPSA) is 35.2 Å². The lowest BCUT2D eigenvalue weighted by Gasteiger charge is -2.41. The predicted molar refractivity (Wildman–Crippen MR) is 48.5 cm³/mol. The molecule has 68 valence electrons. The second-order valence-corrected chi connectivity index (χ2v) is 3.88. The molecule has 0 aromatic heterocycles. The van der Waals surface area contributed by atoms with Gasteiger partial charge in [0.15, 0.2) is 0 Å². The van der Waals surface area contributed by atoms with Crippen molar-refractivity contribution >= 4 is 0 Å². The van der Waals surface area contributed by atoms with Crippen molar-refractivity contribution < 1.29 is 4.74 Å². The molecule has 0 radical (unpaired) electrons. The van der Waals surface area contributed by atoms with Crippen LogP contribution in [0.3, 0.4) is 0 Å². The maximum atomic E-state index is 5.65. The van der Waals surface area contributed by atoms with Crippen molar-refractivity contribution in [3.05, 3.63) is 0 Å². The summed E-state index contributed by atoms with van der Waals surface area (Å²) in [7, 11) is 1.73. The van der Waals surface area contributed by atoms with E-state index >= 15 is 0 Å². The third kappa shape index (κ3) is 1.94. The summed E-state index contributed by atoms with van der Waals surface area (Å²) >= 11 is 0. The molecule has 0 saturated carbocycles. The minimum Gasteiger partial charge on any atom is -0.377 e. The van der Waals surface area contributed by atoms with Gasteiger partial charge in [-0.05, 0) is 18.8 Å². The minimum absolute atomic E-state index is 0.149. The first-order valence-corrected chi connectivity index (χ1v) is 4.18. The first-order valence-electron chi connectivity index (χ1n) is 4.18. The maximum absolute atomic E-state index is 5.65. The summed E-state index contributed by atoms with van der Waals surface area (Å²) in [5.41, 5.74) is 5.61. The van der Waals surface area contributed by atoms with Crippen LogP contribution in [0, 0.1) is 5.41 Å². The molecular weight excluding hydrogens is 138 g/mol. The molecule has 2 nitrogen and oxygen atoms in total. The number of rotatable bonds is 4. The van der Waals surface area contributed by atoms with Crippen molar-refractivity contribution in [1.29, 1.82) is 0 Å². The number of nitrogens with two attached hydrogens (primary N) is 1. The molecule has 0 heterocycles. The summed E-state index contributed by atoms with van der Waals surface area (Å²) in [5, 5.41) is 0. The van der Waals surface area contributed by atoms with Gasteiger partial charge in [0.2, 0.25) is 0 Å². The monoisotopic (exact) mass is 159 g/mol. The largest absolute Gasteiger partial charge is 0.377 e. The van der Waals surface area contributed by atoms with Crippen LogP contribution >= 0.6 is 0 Å². The van der Waals surface area contributed by atoms with Crippen LogP contribution < -0.4 is 5.73 Å². The highest BCUT2D eigenvalue weighted by Crippen LogP contribution is 2.35. The number of ether oxygens (including phenoxy) is 1. The molecule has 0 aliphatic heterocycles. The summed E-state index contributed by atoms with van der Waals surface area (Å²) in [5.74, 6) is 0. The summed E-state index contributed by atoms with van der Waals surface area (Å²) < 4.78 is 5.42. The van der Waals surface area contributed by atoms with E-state index in [0.29, 0.717) is 6.54 Å². The summed E-state index contributed by atoms with van der Waals surface area (Å²) in [6, 6.07) is 0. The molecule has 2 N–H and O–H groups in total. The normalized spacial score (nSPS) is 18.0. The molecule has 0 aliphatic rings. The Morgan fingerprint density at radius 1 is 1.27 bits per heavy atom. The Morgan fingerprint density at radius 3 is 1.82 bits per heavy atom. The summed E-state index contributed by atoms with van der Waals surface area (Å²) in [6.45, 7) is 9.17.